The summed E-state index contributed by atoms with van der Waals surface area (Å²) in [7, 11) is 1.52. The molecule has 39 heavy (non-hydrogen) atoms. The predicted octanol–water partition coefficient (Wildman–Crippen LogP) is 3.16. The Morgan fingerprint density at radius 2 is 1.90 bits per heavy atom. The Kier molecular flexibility index (Phi) is 8.12. The van der Waals surface area contributed by atoms with Crippen molar-refractivity contribution < 1.29 is 22.7 Å². The molecule has 3 heterocycles. The van der Waals surface area contributed by atoms with Gasteiger partial charge in [0, 0.05) is 43.1 Å². The molecular weight excluding hydrogens is 511 g/mol. The number of piperidine rings is 2. The summed E-state index contributed by atoms with van der Waals surface area (Å²) in [5, 5.41) is 16.8. The molecule has 0 bridgehead atoms. The van der Waals surface area contributed by atoms with E-state index in [0.717, 1.165) is 37.9 Å². The van der Waals surface area contributed by atoms with Crippen molar-refractivity contribution in [2.75, 3.05) is 33.3 Å². The fourth-order valence-electron chi connectivity index (χ4n) is 5.58. The van der Waals surface area contributed by atoms with Crippen LogP contribution in [-0.2, 0) is 17.5 Å². The fraction of sp³-hybridized carbons (Fsp3) is 0.481. The molecule has 0 unspecified atom stereocenters. The van der Waals surface area contributed by atoms with E-state index in [4.69, 9.17) is 4.74 Å². The molecule has 0 radical (unpaired) electrons. The number of tetrazole rings is 1. The lowest BCUT2D eigenvalue weighted by Gasteiger charge is -2.41. The lowest BCUT2D eigenvalue weighted by atomic mass is 9.84. The first kappa shape index (κ1) is 27.1. The number of benzene rings is 2. The summed E-state index contributed by atoms with van der Waals surface area (Å²) in [4.78, 5) is 15.3. The second-order valence-corrected chi connectivity index (χ2v) is 10.0. The molecular formula is C27H32F3N7O2. The summed E-state index contributed by atoms with van der Waals surface area (Å²) < 4.78 is 46.3. The van der Waals surface area contributed by atoms with Crippen molar-refractivity contribution in [2.45, 2.75) is 43.9 Å². The molecule has 5 rings (SSSR count). The summed E-state index contributed by atoms with van der Waals surface area (Å²) in [6.45, 7) is 3.36. The predicted molar refractivity (Wildman–Crippen MR) is 137 cm³/mol. The van der Waals surface area contributed by atoms with Gasteiger partial charge in [0.25, 0.3) is 5.82 Å². The maximum absolute atomic E-state index is 13.4. The van der Waals surface area contributed by atoms with Crippen LogP contribution in [0.25, 0.3) is 5.69 Å². The highest BCUT2D eigenvalue weighted by molar-refractivity contribution is 5.79. The molecule has 2 atom stereocenters. The van der Waals surface area contributed by atoms with E-state index in [2.05, 4.69) is 38.3 Å². The number of nitrogens with one attached hydrogen (secondary N) is 2. The Morgan fingerprint density at radius 3 is 2.62 bits per heavy atom. The maximum Gasteiger partial charge on any atom is 0.453 e. The molecule has 9 nitrogen and oxygen atoms in total. The minimum absolute atomic E-state index is 0.0524. The highest BCUT2D eigenvalue weighted by Gasteiger charge is 2.39. The molecule has 0 aliphatic carbocycles. The van der Waals surface area contributed by atoms with Crippen LogP contribution >= 0.6 is 0 Å². The van der Waals surface area contributed by atoms with Crippen LogP contribution in [0.5, 0.6) is 5.75 Å². The van der Waals surface area contributed by atoms with E-state index in [-0.39, 0.29) is 29.5 Å². The summed E-state index contributed by atoms with van der Waals surface area (Å²) in [6.07, 6.45) is -2.21. The summed E-state index contributed by atoms with van der Waals surface area (Å²) >= 11 is 0. The van der Waals surface area contributed by atoms with Crippen LogP contribution in [0.15, 0.2) is 48.5 Å². The quantitative estimate of drug-likeness (QED) is 0.473. The molecule has 1 aromatic heterocycles. The van der Waals surface area contributed by atoms with Gasteiger partial charge in [0.05, 0.1) is 12.8 Å². The van der Waals surface area contributed by atoms with E-state index in [9.17, 15) is 18.0 Å². The lowest BCUT2D eigenvalue weighted by Crippen LogP contribution is -2.51. The van der Waals surface area contributed by atoms with Crippen LogP contribution in [-0.4, -0.2) is 70.3 Å². The van der Waals surface area contributed by atoms with Gasteiger partial charge in [-0.2, -0.15) is 17.9 Å². The van der Waals surface area contributed by atoms with Crippen LogP contribution in [0.3, 0.4) is 0 Å². The molecule has 12 heteroatoms. The molecule has 2 aliphatic rings. The molecule has 1 amide bonds. The third-order valence-corrected chi connectivity index (χ3v) is 7.63. The van der Waals surface area contributed by atoms with Gasteiger partial charge in [-0.15, -0.1) is 5.10 Å². The zero-order chi connectivity index (χ0) is 27.4. The highest BCUT2D eigenvalue weighted by atomic mass is 19.4. The van der Waals surface area contributed by atoms with Crippen molar-refractivity contribution in [2.24, 2.45) is 5.92 Å². The molecule has 208 valence electrons. The standard InChI is InChI=1S/C27H32F3N7O2/c1-39-24-8-7-21(37-26(27(28,29)30)33-34-35-37)15-20(24)16-32-23-11-14-36(25(38)19-9-12-31-13-10-19)17-22(23)18-5-3-2-4-6-18/h2-8,15,19,22-23,31-32H,9-14,16-17H2,1H3/t22-,23-/m0/s1. The van der Waals surface area contributed by atoms with Crippen molar-refractivity contribution in [3.05, 3.63) is 65.5 Å². The van der Waals surface area contributed by atoms with Gasteiger partial charge in [0.2, 0.25) is 5.91 Å². The SMILES string of the molecule is COc1ccc(-n2nnnc2C(F)(F)F)cc1CN[C@H]1CCN(C(=O)C2CCNCC2)C[C@H]1c1ccccc1. The second kappa shape index (κ2) is 11.7. The number of halogens is 3. The number of rotatable bonds is 7. The molecule has 2 saturated heterocycles. The third kappa shape index (κ3) is 6.06. The van der Waals surface area contributed by atoms with Crippen molar-refractivity contribution in [1.29, 1.82) is 0 Å². The number of likely N-dealkylation sites (tertiary alicyclic amines) is 1. The maximum atomic E-state index is 13.4. The van der Waals surface area contributed by atoms with E-state index >= 15 is 0 Å². The number of carbonyl (C=O) groups is 1. The Labute approximate surface area is 224 Å². The van der Waals surface area contributed by atoms with Crippen molar-refractivity contribution >= 4 is 5.91 Å². The topological polar surface area (TPSA) is 97.2 Å². The van der Waals surface area contributed by atoms with Crippen LogP contribution in [0.2, 0.25) is 0 Å². The van der Waals surface area contributed by atoms with Gasteiger partial charge in [-0.3, -0.25) is 4.79 Å². The van der Waals surface area contributed by atoms with Crippen LogP contribution in [0.4, 0.5) is 13.2 Å². The first-order valence-corrected chi connectivity index (χ1v) is 13.2. The van der Waals surface area contributed by atoms with Gasteiger partial charge in [-0.05, 0) is 66.5 Å². The minimum atomic E-state index is -4.69. The zero-order valence-corrected chi connectivity index (χ0v) is 21.7. The molecule has 0 spiro atoms. The van der Waals surface area contributed by atoms with E-state index in [0.29, 0.717) is 35.6 Å². The number of hydrogen-bond donors (Lipinski definition) is 2. The summed E-state index contributed by atoms with van der Waals surface area (Å²) in [5.74, 6) is -0.292. The number of aromatic nitrogens is 4. The average molecular weight is 544 g/mol. The number of carbonyl (C=O) groups excluding carboxylic acids is 1. The van der Waals surface area contributed by atoms with E-state index in [1.807, 2.05) is 23.1 Å². The number of methoxy groups -OCH3 is 1. The molecule has 2 N–H and O–H groups in total. The van der Waals surface area contributed by atoms with Gasteiger partial charge >= 0.3 is 6.18 Å². The van der Waals surface area contributed by atoms with Gasteiger partial charge in [-0.1, -0.05) is 30.3 Å². The van der Waals surface area contributed by atoms with Crippen LogP contribution in [0, 0.1) is 5.92 Å². The highest BCUT2D eigenvalue weighted by Crippen LogP contribution is 2.32. The third-order valence-electron chi connectivity index (χ3n) is 7.63. The first-order valence-electron chi connectivity index (χ1n) is 13.2. The van der Waals surface area contributed by atoms with E-state index < -0.39 is 12.0 Å². The van der Waals surface area contributed by atoms with Gasteiger partial charge in [0.1, 0.15) is 5.75 Å². The molecule has 2 aromatic carbocycles. The number of nitrogens with zero attached hydrogens (tertiary/aromatic N) is 5. The van der Waals surface area contributed by atoms with Crippen molar-refractivity contribution in [3.63, 3.8) is 0 Å². The number of hydrogen-bond acceptors (Lipinski definition) is 7. The average Bonchev–Trinajstić information content (AvgIpc) is 3.48. The zero-order valence-electron chi connectivity index (χ0n) is 21.7. The number of ether oxygens (including phenoxy) is 1. The monoisotopic (exact) mass is 543 g/mol. The van der Waals surface area contributed by atoms with Crippen molar-refractivity contribution in [3.8, 4) is 11.4 Å². The van der Waals surface area contributed by atoms with E-state index in [1.165, 1.54) is 13.2 Å². The molecule has 3 aromatic rings. The Balaban J connectivity index is 1.35. The minimum Gasteiger partial charge on any atom is -0.496 e. The number of alkyl halides is 3. The Hall–Kier alpha value is -3.51. The molecule has 2 aliphatic heterocycles. The molecule has 2 fully saturated rings. The number of amides is 1. The fourth-order valence-corrected chi connectivity index (χ4v) is 5.58. The summed E-state index contributed by atoms with van der Waals surface area (Å²) in [6, 6.07) is 14.9. The Morgan fingerprint density at radius 1 is 1.13 bits per heavy atom. The first-order chi connectivity index (χ1) is 18.8. The van der Waals surface area contributed by atoms with Gasteiger partial charge in [0.15, 0.2) is 0 Å². The Bertz CT molecular complexity index is 1260. The smallest absolute Gasteiger partial charge is 0.453 e. The van der Waals surface area contributed by atoms with Crippen LogP contribution in [0.1, 0.15) is 42.1 Å². The largest absolute Gasteiger partial charge is 0.496 e. The van der Waals surface area contributed by atoms with Crippen molar-refractivity contribution in [1.82, 2.24) is 35.7 Å². The molecule has 0 saturated carbocycles. The second-order valence-electron chi connectivity index (χ2n) is 10.0. The lowest BCUT2D eigenvalue weighted by molar-refractivity contribution is -0.146. The van der Waals surface area contributed by atoms with Gasteiger partial charge in [-0.25, -0.2) is 0 Å². The van der Waals surface area contributed by atoms with E-state index in [1.54, 1.807) is 12.1 Å². The van der Waals surface area contributed by atoms with Gasteiger partial charge < -0.3 is 20.3 Å². The van der Waals surface area contributed by atoms with Crippen LogP contribution < -0.4 is 15.4 Å². The normalized spacial score (nSPS) is 20.7. The summed E-state index contributed by atoms with van der Waals surface area (Å²) in [5.41, 5.74) is 2.01.